The van der Waals surface area contributed by atoms with Crippen LogP contribution in [-0.2, 0) is 0 Å². The van der Waals surface area contributed by atoms with E-state index >= 15 is 0 Å². The molecule has 0 atom stereocenters. The zero-order valence-corrected chi connectivity index (χ0v) is 8.18. The molecule has 1 rings (SSSR count). The second kappa shape index (κ2) is 5.62. The molecule has 0 aromatic carbocycles. The number of hydrogen-bond donors (Lipinski definition) is 2. The van der Waals surface area contributed by atoms with E-state index < -0.39 is 7.12 Å². The first kappa shape index (κ1) is 11.0. The van der Waals surface area contributed by atoms with Gasteiger partial charge in [0.2, 0.25) is 0 Å². The lowest BCUT2D eigenvalue weighted by atomic mass is 9.82. The summed E-state index contributed by atoms with van der Waals surface area (Å²) in [6.07, 6.45) is 5.00. The molecule has 1 aromatic rings. The molecule has 0 amide bonds. The zero-order chi connectivity index (χ0) is 10.4. The molecule has 14 heavy (non-hydrogen) atoms. The van der Waals surface area contributed by atoms with E-state index in [1.165, 1.54) is 6.20 Å². The molecular formula is C9H14BNO3. The topological polar surface area (TPSA) is 62.6 Å². The molecule has 2 N–H and O–H groups in total. The Balaban J connectivity index is 2.55. The third kappa shape index (κ3) is 3.36. The smallest absolute Gasteiger partial charge is 0.490 e. The second-order valence-corrected chi connectivity index (χ2v) is 3.03. The molecule has 1 heterocycles. The highest BCUT2D eigenvalue weighted by Crippen LogP contribution is 2.06. The molecular weight excluding hydrogens is 181 g/mol. The van der Waals surface area contributed by atoms with Crippen LogP contribution in [0.2, 0.25) is 0 Å². The molecule has 0 aliphatic carbocycles. The van der Waals surface area contributed by atoms with Crippen molar-refractivity contribution in [3.63, 3.8) is 0 Å². The van der Waals surface area contributed by atoms with Gasteiger partial charge < -0.3 is 14.8 Å². The van der Waals surface area contributed by atoms with Gasteiger partial charge in [-0.15, -0.1) is 0 Å². The van der Waals surface area contributed by atoms with Crippen LogP contribution in [0.3, 0.4) is 0 Å². The second-order valence-electron chi connectivity index (χ2n) is 3.03. The van der Waals surface area contributed by atoms with Crippen LogP contribution in [0.5, 0.6) is 5.75 Å². The van der Waals surface area contributed by atoms with Gasteiger partial charge in [0.15, 0.2) is 0 Å². The molecule has 4 nitrogen and oxygen atoms in total. The molecule has 5 heteroatoms. The number of rotatable bonds is 5. The molecule has 0 aliphatic heterocycles. The van der Waals surface area contributed by atoms with Crippen molar-refractivity contribution in [3.8, 4) is 5.75 Å². The van der Waals surface area contributed by atoms with Crippen LogP contribution in [0, 0.1) is 0 Å². The van der Waals surface area contributed by atoms with E-state index in [-0.39, 0.29) is 0 Å². The fraction of sp³-hybridized carbons (Fsp3) is 0.444. The van der Waals surface area contributed by atoms with Gasteiger partial charge in [0, 0.05) is 11.7 Å². The first-order valence-corrected chi connectivity index (χ1v) is 4.68. The van der Waals surface area contributed by atoms with Crippen molar-refractivity contribution in [2.24, 2.45) is 0 Å². The summed E-state index contributed by atoms with van der Waals surface area (Å²) in [4.78, 5) is 3.84. The van der Waals surface area contributed by atoms with Crippen LogP contribution in [-0.4, -0.2) is 28.8 Å². The standard InChI is InChI=1S/C9H14BNO3/c1-2-3-4-14-9-5-8(10(12)13)6-11-7-9/h5-7,12-13H,2-4H2,1H3. The van der Waals surface area contributed by atoms with Crippen molar-refractivity contribution >= 4 is 12.6 Å². The average molecular weight is 195 g/mol. The van der Waals surface area contributed by atoms with E-state index in [2.05, 4.69) is 11.9 Å². The zero-order valence-electron chi connectivity index (χ0n) is 8.18. The van der Waals surface area contributed by atoms with E-state index in [0.29, 0.717) is 17.8 Å². The summed E-state index contributed by atoms with van der Waals surface area (Å²) in [7, 11) is -1.49. The van der Waals surface area contributed by atoms with Crippen molar-refractivity contribution in [2.45, 2.75) is 19.8 Å². The molecule has 0 fully saturated rings. The molecule has 0 spiro atoms. The first-order valence-electron chi connectivity index (χ1n) is 4.68. The Labute approximate surface area is 83.7 Å². The summed E-state index contributed by atoms with van der Waals surface area (Å²) < 4.78 is 5.35. The lowest BCUT2D eigenvalue weighted by Crippen LogP contribution is -2.30. The van der Waals surface area contributed by atoms with E-state index in [1.807, 2.05) is 0 Å². The van der Waals surface area contributed by atoms with Gasteiger partial charge in [-0.25, -0.2) is 0 Å². The van der Waals surface area contributed by atoms with Gasteiger partial charge in [0.05, 0.1) is 12.8 Å². The molecule has 0 aliphatic rings. The minimum Gasteiger partial charge on any atom is -0.492 e. The van der Waals surface area contributed by atoms with Gasteiger partial charge in [-0.3, -0.25) is 4.98 Å². The number of nitrogens with zero attached hydrogens (tertiary/aromatic N) is 1. The summed E-state index contributed by atoms with van der Waals surface area (Å²) in [5.41, 5.74) is 0.346. The van der Waals surface area contributed by atoms with E-state index in [1.54, 1.807) is 12.3 Å². The van der Waals surface area contributed by atoms with Gasteiger partial charge >= 0.3 is 7.12 Å². The Morgan fingerprint density at radius 1 is 1.43 bits per heavy atom. The Bertz CT molecular complexity index is 281. The summed E-state index contributed by atoms with van der Waals surface area (Å²) >= 11 is 0. The van der Waals surface area contributed by atoms with Crippen LogP contribution < -0.4 is 10.2 Å². The van der Waals surface area contributed by atoms with E-state index in [4.69, 9.17) is 14.8 Å². The Morgan fingerprint density at radius 3 is 2.86 bits per heavy atom. The molecule has 0 radical (unpaired) electrons. The summed E-state index contributed by atoms with van der Waals surface area (Å²) in [6, 6.07) is 1.58. The molecule has 1 aromatic heterocycles. The Kier molecular flexibility index (Phi) is 4.42. The van der Waals surface area contributed by atoms with Gasteiger partial charge in [0.1, 0.15) is 5.75 Å². The van der Waals surface area contributed by atoms with Crippen molar-refractivity contribution in [3.05, 3.63) is 18.5 Å². The third-order valence-electron chi connectivity index (χ3n) is 1.80. The third-order valence-corrected chi connectivity index (χ3v) is 1.80. The molecule has 0 saturated carbocycles. The predicted molar refractivity (Wildman–Crippen MR) is 54.5 cm³/mol. The van der Waals surface area contributed by atoms with Crippen molar-refractivity contribution < 1.29 is 14.8 Å². The maximum Gasteiger partial charge on any atom is 0.490 e. The minimum absolute atomic E-state index is 0.346. The van der Waals surface area contributed by atoms with Crippen LogP contribution in [0.15, 0.2) is 18.5 Å². The van der Waals surface area contributed by atoms with Crippen LogP contribution >= 0.6 is 0 Å². The highest BCUT2D eigenvalue weighted by molar-refractivity contribution is 6.58. The molecule has 0 saturated heterocycles. The number of hydrogen-bond acceptors (Lipinski definition) is 4. The van der Waals surface area contributed by atoms with Gasteiger partial charge in [-0.1, -0.05) is 13.3 Å². The highest BCUT2D eigenvalue weighted by atomic mass is 16.5. The van der Waals surface area contributed by atoms with E-state index in [0.717, 1.165) is 12.8 Å². The van der Waals surface area contributed by atoms with Crippen LogP contribution in [0.25, 0.3) is 0 Å². The van der Waals surface area contributed by atoms with Crippen molar-refractivity contribution in [1.82, 2.24) is 4.98 Å². The summed E-state index contributed by atoms with van der Waals surface area (Å²) in [6.45, 7) is 2.71. The Morgan fingerprint density at radius 2 is 2.21 bits per heavy atom. The molecule has 76 valence electrons. The summed E-state index contributed by atoms with van der Waals surface area (Å²) in [5, 5.41) is 17.8. The average Bonchev–Trinajstić information content (AvgIpc) is 2.19. The lowest BCUT2D eigenvalue weighted by molar-refractivity contribution is 0.308. The number of pyridine rings is 1. The lowest BCUT2D eigenvalue weighted by Gasteiger charge is -2.05. The Hall–Kier alpha value is -1.07. The normalized spacial score (nSPS) is 9.93. The first-order chi connectivity index (χ1) is 6.74. The number of ether oxygens (including phenoxy) is 1. The van der Waals surface area contributed by atoms with Gasteiger partial charge in [0.25, 0.3) is 0 Å². The number of aromatic nitrogens is 1. The molecule has 0 bridgehead atoms. The minimum atomic E-state index is -1.49. The molecule has 0 unspecified atom stereocenters. The predicted octanol–water partition coefficient (Wildman–Crippen LogP) is -0.0597. The largest absolute Gasteiger partial charge is 0.492 e. The fourth-order valence-corrected chi connectivity index (χ4v) is 0.990. The van der Waals surface area contributed by atoms with Crippen LogP contribution in [0.4, 0.5) is 0 Å². The number of unbranched alkanes of at least 4 members (excludes halogenated alkanes) is 1. The highest BCUT2D eigenvalue weighted by Gasteiger charge is 2.11. The maximum absolute atomic E-state index is 8.88. The maximum atomic E-state index is 8.88. The van der Waals surface area contributed by atoms with Crippen molar-refractivity contribution in [1.29, 1.82) is 0 Å². The summed E-state index contributed by atoms with van der Waals surface area (Å²) in [5.74, 6) is 0.573. The quantitative estimate of drug-likeness (QED) is 0.510. The van der Waals surface area contributed by atoms with Gasteiger partial charge in [-0.2, -0.15) is 0 Å². The van der Waals surface area contributed by atoms with E-state index in [9.17, 15) is 0 Å². The van der Waals surface area contributed by atoms with Gasteiger partial charge in [-0.05, 0) is 12.5 Å². The van der Waals surface area contributed by atoms with Crippen molar-refractivity contribution in [2.75, 3.05) is 6.61 Å². The SMILES string of the molecule is CCCCOc1cncc(B(O)O)c1. The fourth-order valence-electron chi connectivity index (χ4n) is 0.990. The van der Waals surface area contributed by atoms with Crippen LogP contribution in [0.1, 0.15) is 19.8 Å². The monoisotopic (exact) mass is 195 g/mol.